The molecular weight excluding hydrogens is 288 g/mol. The van der Waals surface area contributed by atoms with Crippen molar-refractivity contribution in [3.8, 4) is 5.69 Å². The molecule has 0 aliphatic rings. The van der Waals surface area contributed by atoms with E-state index in [4.69, 9.17) is 0 Å². The smallest absolute Gasteiger partial charge is 0.268 e. The summed E-state index contributed by atoms with van der Waals surface area (Å²) in [5.41, 5.74) is 1.98. The van der Waals surface area contributed by atoms with E-state index in [0.717, 1.165) is 11.3 Å². The molecule has 0 bridgehead atoms. The van der Waals surface area contributed by atoms with Gasteiger partial charge in [0.25, 0.3) is 5.56 Å². The minimum Gasteiger partial charge on any atom is -0.268 e. The molecule has 0 radical (unpaired) electrons. The molecular formula is C15H16N2OS2. The third kappa shape index (κ3) is 3.16. The fourth-order valence-corrected chi connectivity index (χ4v) is 2.91. The Balaban J connectivity index is 2.56. The van der Waals surface area contributed by atoms with Gasteiger partial charge in [-0.2, -0.15) is 0 Å². The maximum atomic E-state index is 12.6. The molecule has 1 aromatic carbocycles. The van der Waals surface area contributed by atoms with Crippen LogP contribution < -0.4 is 5.56 Å². The van der Waals surface area contributed by atoms with Gasteiger partial charge in [0.05, 0.1) is 10.6 Å². The van der Waals surface area contributed by atoms with Gasteiger partial charge >= 0.3 is 0 Å². The number of aryl methyl sites for hydroxylation is 1. The normalized spacial score (nSPS) is 10.5. The SMILES string of the molecule is C=CCSc1cnc(SC)n(-c2ccc(C)cc2)c1=O. The Morgan fingerprint density at radius 1 is 1.35 bits per heavy atom. The number of benzene rings is 1. The van der Waals surface area contributed by atoms with Crippen molar-refractivity contribution < 1.29 is 0 Å². The van der Waals surface area contributed by atoms with E-state index in [1.165, 1.54) is 23.5 Å². The highest BCUT2D eigenvalue weighted by atomic mass is 32.2. The summed E-state index contributed by atoms with van der Waals surface area (Å²) in [6.45, 7) is 5.70. The number of rotatable bonds is 5. The molecule has 0 aliphatic heterocycles. The van der Waals surface area contributed by atoms with Gasteiger partial charge in [-0.25, -0.2) is 4.98 Å². The molecule has 0 unspecified atom stereocenters. The average Bonchev–Trinajstić information content (AvgIpc) is 2.47. The lowest BCUT2D eigenvalue weighted by molar-refractivity contribution is 0.767. The van der Waals surface area contributed by atoms with Crippen LogP contribution in [-0.4, -0.2) is 21.6 Å². The maximum Gasteiger partial charge on any atom is 0.272 e. The van der Waals surface area contributed by atoms with Crippen LogP contribution in [0.25, 0.3) is 5.69 Å². The van der Waals surface area contributed by atoms with E-state index in [1.807, 2.05) is 37.4 Å². The third-order valence-corrected chi connectivity index (χ3v) is 4.38. The molecule has 20 heavy (non-hydrogen) atoms. The van der Waals surface area contributed by atoms with E-state index < -0.39 is 0 Å². The molecule has 0 atom stereocenters. The summed E-state index contributed by atoms with van der Waals surface area (Å²) in [4.78, 5) is 17.6. The van der Waals surface area contributed by atoms with Crippen molar-refractivity contribution in [3.63, 3.8) is 0 Å². The van der Waals surface area contributed by atoms with Crippen LogP contribution in [0.5, 0.6) is 0 Å². The zero-order valence-corrected chi connectivity index (χ0v) is 13.1. The zero-order valence-electron chi connectivity index (χ0n) is 11.5. The molecule has 1 heterocycles. The Bertz CT molecular complexity index is 663. The molecule has 0 spiro atoms. The summed E-state index contributed by atoms with van der Waals surface area (Å²) >= 11 is 2.92. The second kappa shape index (κ2) is 6.81. The van der Waals surface area contributed by atoms with E-state index in [1.54, 1.807) is 16.8 Å². The van der Waals surface area contributed by atoms with Gasteiger partial charge in [0, 0.05) is 11.9 Å². The van der Waals surface area contributed by atoms with Crippen molar-refractivity contribution in [2.24, 2.45) is 0 Å². The van der Waals surface area contributed by atoms with Crippen LogP contribution in [0.15, 0.2) is 58.0 Å². The second-order valence-electron chi connectivity index (χ2n) is 4.18. The number of hydrogen-bond donors (Lipinski definition) is 0. The van der Waals surface area contributed by atoms with Crippen LogP contribution in [0, 0.1) is 6.92 Å². The quantitative estimate of drug-likeness (QED) is 0.481. The molecule has 3 nitrogen and oxygen atoms in total. The van der Waals surface area contributed by atoms with Crippen LogP contribution in [-0.2, 0) is 0 Å². The summed E-state index contributed by atoms with van der Waals surface area (Å²) in [5.74, 6) is 0.698. The molecule has 0 saturated heterocycles. The first kappa shape index (κ1) is 14.9. The standard InChI is InChI=1S/C15H16N2OS2/c1-4-9-20-13-10-16-15(19-3)17(14(13)18)12-7-5-11(2)6-8-12/h4-8,10H,1,9H2,2-3H3. The van der Waals surface area contributed by atoms with E-state index in [0.29, 0.717) is 15.8 Å². The number of nitrogens with zero attached hydrogens (tertiary/aromatic N) is 2. The number of hydrogen-bond acceptors (Lipinski definition) is 4. The lowest BCUT2D eigenvalue weighted by Gasteiger charge is -2.11. The molecule has 5 heteroatoms. The lowest BCUT2D eigenvalue weighted by atomic mass is 10.2. The van der Waals surface area contributed by atoms with E-state index in [9.17, 15) is 4.79 Å². The van der Waals surface area contributed by atoms with E-state index in [2.05, 4.69) is 11.6 Å². The molecule has 0 saturated carbocycles. The summed E-state index contributed by atoms with van der Waals surface area (Å²) < 4.78 is 1.66. The second-order valence-corrected chi connectivity index (χ2v) is 6.02. The lowest BCUT2D eigenvalue weighted by Crippen LogP contribution is -2.22. The zero-order chi connectivity index (χ0) is 14.5. The monoisotopic (exact) mass is 304 g/mol. The van der Waals surface area contributed by atoms with Crippen LogP contribution >= 0.6 is 23.5 Å². The van der Waals surface area contributed by atoms with Gasteiger partial charge in [-0.05, 0) is 25.3 Å². The third-order valence-electron chi connectivity index (χ3n) is 2.73. The van der Waals surface area contributed by atoms with Gasteiger partial charge in [0.2, 0.25) is 0 Å². The Hall–Kier alpha value is -1.46. The van der Waals surface area contributed by atoms with Crippen molar-refractivity contribution in [3.05, 3.63) is 59.0 Å². The van der Waals surface area contributed by atoms with Crippen molar-refractivity contribution in [1.29, 1.82) is 0 Å². The highest BCUT2D eigenvalue weighted by Crippen LogP contribution is 2.19. The maximum absolute atomic E-state index is 12.6. The molecule has 0 N–H and O–H groups in total. The minimum atomic E-state index is -0.0277. The van der Waals surface area contributed by atoms with E-state index >= 15 is 0 Å². The topological polar surface area (TPSA) is 34.9 Å². The summed E-state index contributed by atoms with van der Waals surface area (Å²) in [6.07, 6.45) is 5.35. The highest BCUT2D eigenvalue weighted by molar-refractivity contribution is 7.99. The van der Waals surface area contributed by atoms with Crippen LogP contribution in [0.3, 0.4) is 0 Å². The molecule has 0 fully saturated rings. The van der Waals surface area contributed by atoms with Gasteiger partial charge in [0.1, 0.15) is 0 Å². The Morgan fingerprint density at radius 2 is 2.05 bits per heavy atom. The Kier molecular flexibility index (Phi) is 5.09. The first-order chi connectivity index (χ1) is 9.67. The molecule has 0 amide bonds. The van der Waals surface area contributed by atoms with Crippen LogP contribution in [0.1, 0.15) is 5.56 Å². The first-order valence-corrected chi connectivity index (χ1v) is 8.35. The van der Waals surface area contributed by atoms with Crippen molar-refractivity contribution >= 4 is 23.5 Å². The predicted octanol–water partition coefficient (Wildman–Crippen LogP) is 3.54. The molecule has 1 aromatic heterocycles. The summed E-state index contributed by atoms with van der Waals surface area (Å²) in [6, 6.07) is 7.88. The summed E-state index contributed by atoms with van der Waals surface area (Å²) in [7, 11) is 0. The fourth-order valence-electron chi connectivity index (χ4n) is 1.74. The fraction of sp³-hybridized carbons (Fsp3) is 0.200. The average molecular weight is 304 g/mol. The molecule has 2 aromatic rings. The van der Waals surface area contributed by atoms with Crippen molar-refractivity contribution in [2.75, 3.05) is 12.0 Å². The molecule has 104 valence electrons. The molecule has 0 aliphatic carbocycles. The number of thioether (sulfide) groups is 2. The predicted molar refractivity (Wildman–Crippen MR) is 87.3 cm³/mol. The van der Waals surface area contributed by atoms with Crippen LogP contribution in [0.2, 0.25) is 0 Å². The van der Waals surface area contributed by atoms with Gasteiger partial charge < -0.3 is 0 Å². The van der Waals surface area contributed by atoms with Crippen molar-refractivity contribution in [2.45, 2.75) is 17.0 Å². The first-order valence-electron chi connectivity index (χ1n) is 6.14. The van der Waals surface area contributed by atoms with Gasteiger partial charge in [0.15, 0.2) is 5.16 Å². The van der Waals surface area contributed by atoms with Gasteiger partial charge in [-0.3, -0.25) is 9.36 Å². The highest BCUT2D eigenvalue weighted by Gasteiger charge is 2.11. The Morgan fingerprint density at radius 3 is 2.65 bits per heavy atom. The van der Waals surface area contributed by atoms with Crippen molar-refractivity contribution in [1.82, 2.24) is 9.55 Å². The largest absolute Gasteiger partial charge is 0.272 e. The van der Waals surface area contributed by atoms with Crippen LogP contribution in [0.4, 0.5) is 0 Å². The number of aromatic nitrogens is 2. The molecule has 2 rings (SSSR count). The Labute approximate surface area is 127 Å². The van der Waals surface area contributed by atoms with Gasteiger partial charge in [-0.1, -0.05) is 35.5 Å². The van der Waals surface area contributed by atoms with E-state index in [-0.39, 0.29) is 5.56 Å². The van der Waals surface area contributed by atoms with Gasteiger partial charge in [-0.15, -0.1) is 18.3 Å². The minimum absolute atomic E-state index is 0.0277. The summed E-state index contributed by atoms with van der Waals surface area (Å²) in [5, 5.41) is 0.696.